The highest BCUT2D eigenvalue weighted by molar-refractivity contribution is 9.11. The van der Waals surface area contributed by atoms with E-state index in [0.29, 0.717) is 32.8 Å². The molecule has 0 saturated carbocycles. The average molecular weight is 530 g/mol. The monoisotopic (exact) mass is 528 g/mol. The van der Waals surface area contributed by atoms with Gasteiger partial charge in [-0.05, 0) is 64.4 Å². The predicted octanol–water partition coefficient (Wildman–Crippen LogP) is 5.07. The largest absolute Gasteiger partial charge is 0.493 e. The molecule has 0 aliphatic rings. The van der Waals surface area contributed by atoms with Crippen molar-refractivity contribution in [2.75, 3.05) is 11.9 Å². The number of nitrogens with one attached hydrogen (secondary N) is 2. The number of aromatic carboxylic acids is 1. The molecule has 0 unspecified atom stereocenters. The third-order valence-corrected chi connectivity index (χ3v) is 4.72. The standard InChI is InChI=1S/C19H18Br2N2O4S/c1-10(2)9-27-13-5-3-4-11(6-13)17(24)23-19(28)22-16-14(18(25)26)7-12(20)8-15(16)21/h3-8,10H,9H2,1-2H3,(H,25,26)(H2,22,23,24,28). The number of carboxylic acid groups (broad SMARTS) is 1. The molecule has 0 aliphatic carbocycles. The second kappa shape index (κ2) is 9.99. The summed E-state index contributed by atoms with van der Waals surface area (Å²) in [7, 11) is 0. The first-order valence-corrected chi connectivity index (χ1v) is 10.2. The van der Waals surface area contributed by atoms with Gasteiger partial charge in [0.15, 0.2) is 5.11 Å². The Morgan fingerprint density at radius 1 is 1.21 bits per heavy atom. The lowest BCUT2D eigenvalue weighted by molar-refractivity contribution is 0.0697. The second-order valence-electron chi connectivity index (χ2n) is 6.26. The molecule has 0 heterocycles. The molecular formula is C19H18Br2N2O4S. The summed E-state index contributed by atoms with van der Waals surface area (Å²) in [6.45, 7) is 4.61. The Balaban J connectivity index is 2.11. The van der Waals surface area contributed by atoms with Crippen molar-refractivity contribution in [1.29, 1.82) is 0 Å². The lowest BCUT2D eigenvalue weighted by atomic mass is 10.2. The van der Waals surface area contributed by atoms with Crippen LogP contribution in [-0.2, 0) is 0 Å². The van der Waals surface area contributed by atoms with Crippen LogP contribution >= 0.6 is 44.1 Å². The third-order valence-electron chi connectivity index (χ3n) is 3.43. The van der Waals surface area contributed by atoms with Crippen LogP contribution in [0.25, 0.3) is 0 Å². The normalized spacial score (nSPS) is 10.5. The number of hydrogen-bond donors (Lipinski definition) is 3. The van der Waals surface area contributed by atoms with Crippen molar-refractivity contribution in [2.24, 2.45) is 5.92 Å². The molecule has 0 aliphatic heterocycles. The molecule has 3 N–H and O–H groups in total. The highest BCUT2D eigenvalue weighted by Crippen LogP contribution is 2.31. The fourth-order valence-electron chi connectivity index (χ4n) is 2.18. The zero-order valence-corrected chi connectivity index (χ0v) is 19.1. The number of amides is 1. The highest BCUT2D eigenvalue weighted by Gasteiger charge is 2.17. The topological polar surface area (TPSA) is 87.7 Å². The summed E-state index contributed by atoms with van der Waals surface area (Å²) < 4.78 is 6.70. The van der Waals surface area contributed by atoms with E-state index in [1.165, 1.54) is 6.07 Å². The van der Waals surface area contributed by atoms with Crippen molar-refractivity contribution in [1.82, 2.24) is 5.32 Å². The zero-order chi connectivity index (χ0) is 20.8. The predicted molar refractivity (Wildman–Crippen MR) is 119 cm³/mol. The number of carbonyl (C=O) groups is 2. The Labute approximate surface area is 184 Å². The number of halogens is 2. The van der Waals surface area contributed by atoms with Gasteiger partial charge in [-0.3, -0.25) is 10.1 Å². The second-order valence-corrected chi connectivity index (χ2v) is 8.43. The first-order valence-electron chi connectivity index (χ1n) is 8.25. The van der Waals surface area contributed by atoms with E-state index in [0.717, 1.165) is 0 Å². The molecule has 0 spiro atoms. The van der Waals surface area contributed by atoms with Gasteiger partial charge in [-0.1, -0.05) is 35.8 Å². The fourth-order valence-corrected chi connectivity index (χ4v) is 3.70. The highest BCUT2D eigenvalue weighted by atomic mass is 79.9. The molecule has 148 valence electrons. The number of ether oxygens (including phenoxy) is 1. The first-order chi connectivity index (χ1) is 13.2. The number of rotatable bonds is 6. The maximum absolute atomic E-state index is 12.5. The number of benzene rings is 2. The van der Waals surface area contributed by atoms with Gasteiger partial charge in [0.25, 0.3) is 5.91 Å². The Kier molecular flexibility index (Phi) is 7.97. The summed E-state index contributed by atoms with van der Waals surface area (Å²) in [6, 6.07) is 9.86. The molecule has 9 heteroatoms. The van der Waals surface area contributed by atoms with Gasteiger partial charge < -0.3 is 15.2 Å². The van der Waals surface area contributed by atoms with Crippen molar-refractivity contribution >= 4 is 66.8 Å². The summed E-state index contributed by atoms with van der Waals surface area (Å²) in [6.07, 6.45) is 0. The van der Waals surface area contributed by atoms with E-state index in [2.05, 4.69) is 42.5 Å². The first kappa shape index (κ1) is 22.3. The van der Waals surface area contributed by atoms with Gasteiger partial charge in [0.2, 0.25) is 0 Å². The lowest BCUT2D eigenvalue weighted by Gasteiger charge is -2.14. The van der Waals surface area contributed by atoms with Crippen molar-refractivity contribution in [3.05, 3.63) is 56.5 Å². The smallest absolute Gasteiger partial charge is 0.337 e. The number of thiocarbonyl (C=S) groups is 1. The Morgan fingerprint density at radius 2 is 1.93 bits per heavy atom. The quantitative estimate of drug-likeness (QED) is 0.453. The fraction of sp³-hybridized carbons (Fsp3) is 0.211. The van der Waals surface area contributed by atoms with E-state index >= 15 is 0 Å². The van der Waals surface area contributed by atoms with Gasteiger partial charge in [-0.15, -0.1) is 0 Å². The number of hydrogen-bond acceptors (Lipinski definition) is 4. The Bertz CT molecular complexity index is 919. The minimum absolute atomic E-state index is 0.00179. The molecule has 0 atom stereocenters. The molecule has 2 aromatic rings. The van der Waals surface area contributed by atoms with E-state index in [1.807, 2.05) is 13.8 Å². The molecule has 2 aromatic carbocycles. The van der Waals surface area contributed by atoms with Gasteiger partial charge in [0.05, 0.1) is 17.9 Å². The molecule has 0 bridgehead atoms. The molecule has 2 rings (SSSR count). The van der Waals surface area contributed by atoms with Gasteiger partial charge in [0, 0.05) is 14.5 Å². The van der Waals surface area contributed by atoms with Crippen LogP contribution in [0.1, 0.15) is 34.6 Å². The van der Waals surface area contributed by atoms with Gasteiger partial charge >= 0.3 is 5.97 Å². The lowest BCUT2D eigenvalue weighted by Crippen LogP contribution is -2.34. The van der Waals surface area contributed by atoms with E-state index in [4.69, 9.17) is 17.0 Å². The third kappa shape index (κ3) is 6.29. The maximum Gasteiger partial charge on any atom is 0.337 e. The number of carboxylic acids is 1. The Morgan fingerprint density at radius 3 is 2.57 bits per heavy atom. The summed E-state index contributed by atoms with van der Waals surface area (Å²) in [5.74, 6) is -0.614. The molecule has 28 heavy (non-hydrogen) atoms. The summed E-state index contributed by atoms with van der Waals surface area (Å²) in [5, 5.41) is 14.7. The molecule has 1 amide bonds. The van der Waals surface area contributed by atoms with Crippen molar-refractivity contribution in [2.45, 2.75) is 13.8 Å². The van der Waals surface area contributed by atoms with E-state index in [1.54, 1.807) is 30.3 Å². The van der Waals surface area contributed by atoms with Crippen molar-refractivity contribution in [3.63, 3.8) is 0 Å². The average Bonchev–Trinajstić information content (AvgIpc) is 2.62. The molecule has 0 saturated heterocycles. The van der Waals surface area contributed by atoms with E-state index < -0.39 is 11.9 Å². The number of carbonyl (C=O) groups excluding carboxylic acids is 1. The van der Waals surface area contributed by atoms with Crippen LogP contribution < -0.4 is 15.4 Å². The summed E-state index contributed by atoms with van der Waals surface area (Å²) >= 11 is 11.7. The van der Waals surface area contributed by atoms with Crippen LogP contribution in [0.4, 0.5) is 5.69 Å². The van der Waals surface area contributed by atoms with Crippen molar-refractivity contribution in [3.8, 4) is 5.75 Å². The van der Waals surface area contributed by atoms with E-state index in [9.17, 15) is 14.7 Å². The maximum atomic E-state index is 12.5. The molecule has 0 radical (unpaired) electrons. The zero-order valence-electron chi connectivity index (χ0n) is 15.1. The summed E-state index contributed by atoms with van der Waals surface area (Å²) in [4.78, 5) is 23.9. The van der Waals surface area contributed by atoms with Gasteiger partial charge in [-0.25, -0.2) is 4.79 Å². The molecule has 6 nitrogen and oxygen atoms in total. The van der Waals surface area contributed by atoms with Crippen LogP contribution in [0.2, 0.25) is 0 Å². The minimum Gasteiger partial charge on any atom is -0.493 e. The van der Waals surface area contributed by atoms with E-state index in [-0.39, 0.29) is 16.4 Å². The Hall–Kier alpha value is -1.97. The molecule has 0 fully saturated rings. The van der Waals surface area contributed by atoms with Crippen LogP contribution in [0, 0.1) is 5.92 Å². The molecule has 0 aromatic heterocycles. The van der Waals surface area contributed by atoms with Crippen LogP contribution in [0.15, 0.2) is 45.3 Å². The SMILES string of the molecule is CC(C)COc1cccc(C(=O)NC(=S)Nc2c(Br)cc(Br)cc2C(=O)O)c1. The van der Waals surface area contributed by atoms with Crippen LogP contribution in [0.3, 0.4) is 0 Å². The van der Waals surface area contributed by atoms with Crippen LogP contribution in [-0.4, -0.2) is 28.7 Å². The molecular weight excluding hydrogens is 512 g/mol. The van der Waals surface area contributed by atoms with Crippen molar-refractivity contribution < 1.29 is 19.4 Å². The van der Waals surface area contributed by atoms with Gasteiger partial charge in [-0.2, -0.15) is 0 Å². The summed E-state index contributed by atoms with van der Waals surface area (Å²) in [5.41, 5.74) is 0.621. The minimum atomic E-state index is -1.13. The number of anilines is 1. The van der Waals surface area contributed by atoms with Crippen LogP contribution in [0.5, 0.6) is 5.75 Å². The van der Waals surface area contributed by atoms with Gasteiger partial charge in [0.1, 0.15) is 5.75 Å².